The van der Waals surface area contributed by atoms with Gasteiger partial charge in [-0.05, 0) is 66.8 Å². The number of aromatic nitrogens is 1. The molecule has 0 unspecified atom stereocenters. The monoisotopic (exact) mass is 697 g/mol. The zero-order valence-corrected chi connectivity index (χ0v) is 29.8. The van der Waals surface area contributed by atoms with Crippen LogP contribution in [-0.4, -0.2) is 79.8 Å². The first kappa shape index (κ1) is 35.7. The molecule has 2 aliphatic heterocycles. The van der Waals surface area contributed by atoms with Crippen molar-refractivity contribution in [1.29, 1.82) is 0 Å². The van der Waals surface area contributed by atoms with Crippen LogP contribution in [-0.2, 0) is 37.4 Å². The van der Waals surface area contributed by atoms with Gasteiger partial charge in [-0.3, -0.25) is 9.69 Å². The number of carbonyl (C=O) groups excluding carboxylic acids is 1. The normalized spacial score (nSPS) is 17.3. The van der Waals surface area contributed by atoms with Gasteiger partial charge in [-0.25, -0.2) is 17.7 Å². The Balaban J connectivity index is 1.04. The van der Waals surface area contributed by atoms with Crippen LogP contribution in [0, 0.1) is 6.92 Å². The van der Waals surface area contributed by atoms with E-state index in [1.54, 1.807) is 0 Å². The number of rotatable bonds is 13. The molecule has 3 aromatic carbocycles. The van der Waals surface area contributed by atoms with E-state index in [4.69, 9.17) is 19.2 Å². The van der Waals surface area contributed by atoms with E-state index in [0.29, 0.717) is 64.7 Å². The Kier molecular flexibility index (Phi) is 11.6. The predicted octanol–water partition coefficient (Wildman–Crippen LogP) is 6.37. The van der Waals surface area contributed by atoms with Crippen LogP contribution in [0.3, 0.4) is 0 Å². The molecule has 0 aliphatic carbocycles. The summed E-state index contributed by atoms with van der Waals surface area (Å²) in [4.78, 5) is 20.2. The number of sulfonamides is 1. The van der Waals surface area contributed by atoms with Crippen LogP contribution >= 0.6 is 0 Å². The van der Waals surface area contributed by atoms with E-state index >= 15 is 0 Å². The third-order valence-corrected chi connectivity index (χ3v) is 12.7. The lowest BCUT2D eigenvalue weighted by Gasteiger charge is -2.43. The van der Waals surface area contributed by atoms with Gasteiger partial charge in [-0.15, -0.1) is 0 Å². The van der Waals surface area contributed by atoms with Crippen molar-refractivity contribution in [3.63, 3.8) is 0 Å². The molecule has 0 radical (unpaired) electrons. The van der Waals surface area contributed by atoms with Crippen LogP contribution in [0.4, 0.5) is 0 Å². The summed E-state index contributed by atoms with van der Waals surface area (Å²) in [6.45, 7) is 5.98. The molecule has 0 bridgehead atoms. The molecular weight excluding hydrogens is 651 g/mol. The second kappa shape index (κ2) is 16.3. The molecule has 0 saturated carbocycles. The van der Waals surface area contributed by atoms with Crippen molar-refractivity contribution in [3.05, 3.63) is 119 Å². The van der Waals surface area contributed by atoms with Gasteiger partial charge in [0.15, 0.2) is 4.75 Å². The highest BCUT2D eigenvalue weighted by atomic mass is 32.2. The fourth-order valence-corrected chi connectivity index (χ4v) is 9.37. The van der Waals surface area contributed by atoms with E-state index in [1.165, 1.54) is 22.5 Å². The Morgan fingerprint density at radius 3 is 2.18 bits per heavy atom. The molecular formula is C40H47N3O6S. The molecule has 50 heavy (non-hydrogen) atoms. The number of esters is 1. The number of hydrogen-bond donors (Lipinski definition) is 0. The summed E-state index contributed by atoms with van der Waals surface area (Å²) in [6.07, 6.45) is 1.81. The summed E-state index contributed by atoms with van der Waals surface area (Å²) in [5.74, 6) is 0.119. The largest absolute Gasteiger partial charge is 0.475 e. The lowest BCUT2D eigenvalue weighted by molar-refractivity contribution is -0.145. The Morgan fingerprint density at radius 1 is 0.840 bits per heavy atom. The van der Waals surface area contributed by atoms with Gasteiger partial charge in [0, 0.05) is 44.4 Å². The minimum atomic E-state index is -3.93. The van der Waals surface area contributed by atoms with Crippen molar-refractivity contribution in [3.8, 4) is 17.1 Å². The van der Waals surface area contributed by atoms with E-state index < -0.39 is 20.7 Å². The molecule has 3 heterocycles. The summed E-state index contributed by atoms with van der Waals surface area (Å²) in [6, 6.07) is 32.3. The topological polar surface area (TPSA) is 98.3 Å². The Hall–Kier alpha value is -4.09. The number of nitrogens with zero attached hydrogens (tertiary/aromatic N) is 3. The second-order valence-corrected chi connectivity index (χ2v) is 15.5. The van der Waals surface area contributed by atoms with Crippen LogP contribution < -0.4 is 4.74 Å². The van der Waals surface area contributed by atoms with Gasteiger partial charge in [-0.1, -0.05) is 84.9 Å². The van der Waals surface area contributed by atoms with Gasteiger partial charge < -0.3 is 14.2 Å². The number of benzene rings is 3. The van der Waals surface area contributed by atoms with Gasteiger partial charge in [0.1, 0.15) is 6.61 Å². The number of ether oxygens (including phenoxy) is 3. The minimum Gasteiger partial charge on any atom is -0.475 e. The quantitative estimate of drug-likeness (QED) is 0.118. The average molecular weight is 698 g/mol. The molecule has 4 aromatic rings. The lowest BCUT2D eigenvalue weighted by Crippen LogP contribution is -2.59. The number of piperidine rings is 2. The molecule has 6 rings (SSSR count). The maximum atomic E-state index is 14.2. The summed E-state index contributed by atoms with van der Waals surface area (Å²) >= 11 is 0. The first-order valence-corrected chi connectivity index (χ1v) is 18.9. The second-order valence-electron chi connectivity index (χ2n) is 13.2. The van der Waals surface area contributed by atoms with Crippen molar-refractivity contribution in [2.75, 3.05) is 46.5 Å². The van der Waals surface area contributed by atoms with Crippen molar-refractivity contribution in [1.82, 2.24) is 14.2 Å². The maximum Gasteiger partial charge on any atom is 0.328 e. The Labute approximate surface area is 296 Å². The molecule has 264 valence electrons. The third kappa shape index (κ3) is 8.10. The van der Waals surface area contributed by atoms with Gasteiger partial charge >= 0.3 is 5.97 Å². The summed E-state index contributed by atoms with van der Waals surface area (Å²) in [5, 5.41) is 0. The highest BCUT2D eigenvalue weighted by molar-refractivity contribution is 7.91. The van der Waals surface area contributed by atoms with Crippen LogP contribution in [0.25, 0.3) is 11.3 Å². The predicted molar refractivity (Wildman–Crippen MR) is 194 cm³/mol. The third-order valence-electron chi connectivity index (χ3n) is 10.1. The SMILES string of the molecule is COC(=O)C1(S(=O)(=O)N2CCC(c3ccc(-c4cccc(OCCOCc5ccccc5)n4)c(C)c3)CC2)CCN(Cc2ccccc2)CC1. The van der Waals surface area contributed by atoms with E-state index in [1.807, 2.05) is 66.7 Å². The van der Waals surface area contributed by atoms with Gasteiger partial charge in [-0.2, -0.15) is 0 Å². The minimum absolute atomic E-state index is 0.217. The molecule has 0 amide bonds. The molecule has 0 N–H and O–H groups in total. The van der Waals surface area contributed by atoms with E-state index in [2.05, 4.69) is 42.2 Å². The molecule has 1 aromatic heterocycles. The summed E-state index contributed by atoms with van der Waals surface area (Å²) in [7, 11) is -2.65. The van der Waals surface area contributed by atoms with Gasteiger partial charge in [0.25, 0.3) is 0 Å². The Morgan fingerprint density at radius 2 is 1.52 bits per heavy atom. The van der Waals surface area contributed by atoms with Crippen LogP contribution in [0.5, 0.6) is 5.88 Å². The molecule has 10 heteroatoms. The fourth-order valence-electron chi connectivity index (χ4n) is 7.19. The van der Waals surface area contributed by atoms with Gasteiger partial charge in [0.05, 0.1) is 26.0 Å². The maximum absolute atomic E-state index is 14.2. The average Bonchev–Trinajstić information content (AvgIpc) is 3.15. The van der Waals surface area contributed by atoms with Crippen molar-refractivity contribution < 1.29 is 27.4 Å². The molecule has 2 fully saturated rings. The zero-order chi connectivity index (χ0) is 35.0. The lowest BCUT2D eigenvalue weighted by atomic mass is 9.88. The standard InChI is InChI=1S/C40H47N3O6S/c1-31-28-35(16-17-36(31)37-14-9-15-38(41-37)49-27-26-48-30-33-12-7-4-8-13-33)34-18-22-43(23-19-34)50(45,46)40(39(44)47-2)20-24-42(25-21-40)29-32-10-5-3-6-11-32/h3-17,28,34H,18-27,29-30H2,1-2H3. The van der Waals surface area contributed by atoms with Crippen LogP contribution in [0.2, 0.25) is 0 Å². The Bertz CT molecular complexity index is 1820. The molecule has 0 atom stereocenters. The van der Waals surface area contributed by atoms with E-state index in [0.717, 1.165) is 28.9 Å². The van der Waals surface area contributed by atoms with Crippen LogP contribution in [0.15, 0.2) is 97.1 Å². The number of hydrogen-bond acceptors (Lipinski definition) is 8. The number of carbonyl (C=O) groups is 1. The number of pyridine rings is 1. The van der Waals surface area contributed by atoms with Gasteiger partial charge in [0.2, 0.25) is 15.9 Å². The van der Waals surface area contributed by atoms with Crippen LogP contribution in [0.1, 0.15) is 53.9 Å². The first-order chi connectivity index (χ1) is 24.3. The molecule has 0 spiro atoms. The first-order valence-electron chi connectivity index (χ1n) is 17.5. The van der Waals surface area contributed by atoms with E-state index in [-0.39, 0.29) is 18.8 Å². The zero-order valence-electron chi connectivity index (χ0n) is 29.0. The number of likely N-dealkylation sites (tertiary alicyclic amines) is 1. The molecule has 2 saturated heterocycles. The smallest absolute Gasteiger partial charge is 0.328 e. The highest BCUT2D eigenvalue weighted by Crippen LogP contribution is 2.39. The van der Waals surface area contributed by atoms with Crippen molar-refractivity contribution >= 4 is 16.0 Å². The number of methoxy groups -OCH3 is 1. The molecule has 9 nitrogen and oxygen atoms in total. The molecule has 2 aliphatic rings. The summed E-state index contributed by atoms with van der Waals surface area (Å²) < 4.78 is 45.1. The number of aryl methyl sites for hydroxylation is 1. The highest BCUT2D eigenvalue weighted by Gasteiger charge is 2.56. The van der Waals surface area contributed by atoms with E-state index in [9.17, 15) is 13.2 Å². The fraction of sp³-hybridized carbons (Fsp3) is 0.400. The van der Waals surface area contributed by atoms with Crippen molar-refractivity contribution in [2.24, 2.45) is 0 Å². The van der Waals surface area contributed by atoms with Crippen molar-refractivity contribution in [2.45, 2.75) is 56.4 Å². The summed E-state index contributed by atoms with van der Waals surface area (Å²) in [5.41, 5.74) is 6.43.